The lowest BCUT2D eigenvalue weighted by Crippen LogP contribution is -2.33. The lowest BCUT2D eigenvalue weighted by atomic mass is 10.2. The number of carbonyl (C=O) groups excluding carboxylic acids is 1. The molecule has 0 bridgehead atoms. The van der Waals surface area contributed by atoms with Crippen molar-refractivity contribution in [3.63, 3.8) is 0 Å². The summed E-state index contributed by atoms with van der Waals surface area (Å²) < 4.78 is 31.8. The number of para-hydroxylation sites is 1. The number of hydrogen-bond acceptors (Lipinski definition) is 2. The molecule has 1 aliphatic heterocycles. The van der Waals surface area contributed by atoms with Gasteiger partial charge in [0.05, 0.1) is 0 Å². The zero-order chi connectivity index (χ0) is 14.8. The van der Waals surface area contributed by atoms with Crippen molar-refractivity contribution in [1.82, 2.24) is 0 Å². The van der Waals surface area contributed by atoms with E-state index in [2.05, 4.69) is 0 Å². The van der Waals surface area contributed by atoms with Crippen LogP contribution >= 0.6 is 0 Å². The first kappa shape index (κ1) is 13.5. The molecule has 1 amide bonds. The fourth-order valence-electron chi connectivity index (χ4n) is 2.41. The van der Waals surface area contributed by atoms with Gasteiger partial charge in [-0.1, -0.05) is 12.1 Å². The smallest absolute Gasteiger partial charge is 0.264 e. The minimum absolute atomic E-state index is 0.0457. The Morgan fingerprint density at radius 3 is 2.81 bits per heavy atom. The number of rotatable bonds is 3. The Morgan fingerprint density at radius 2 is 2.00 bits per heavy atom. The summed E-state index contributed by atoms with van der Waals surface area (Å²) >= 11 is 0. The van der Waals surface area contributed by atoms with Crippen molar-refractivity contribution in [3.8, 4) is 5.75 Å². The van der Waals surface area contributed by atoms with Gasteiger partial charge in [-0.05, 0) is 42.3 Å². The van der Waals surface area contributed by atoms with Crippen molar-refractivity contribution < 1.29 is 18.3 Å². The van der Waals surface area contributed by atoms with Crippen LogP contribution in [0.15, 0.2) is 42.5 Å². The molecule has 0 radical (unpaired) electrons. The molecule has 3 rings (SSSR count). The Kier molecular flexibility index (Phi) is 3.56. The van der Waals surface area contributed by atoms with E-state index < -0.39 is 5.82 Å². The third-order valence-electron chi connectivity index (χ3n) is 3.43. The van der Waals surface area contributed by atoms with Crippen LogP contribution in [0.25, 0.3) is 0 Å². The molecule has 21 heavy (non-hydrogen) atoms. The van der Waals surface area contributed by atoms with Gasteiger partial charge in [0.1, 0.15) is 5.82 Å². The summed E-state index contributed by atoms with van der Waals surface area (Å²) in [5.41, 5.74) is 1.49. The molecule has 0 atom stereocenters. The Balaban J connectivity index is 1.69. The number of nitrogens with zero attached hydrogens (tertiary/aromatic N) is 1. The zero-order valence-electron chi connectivity index (χ0n) is 11.2. The standard InChI is InChI=1S/C16H13F2NO2/c17-12-5-6-14-11(9-12)7-8-19(14)16(20)10-21-15-4-2-1-3-13(15)18/h1-6,9H,7-8,10H2. The van der Waals surface area contributed by atoms with E-state index in [0.29, 0.717) is 18.7 Å². The summed E-state index contributed by atoms with van der Waals surface area (Å²) in [5.74, 6) is -1.05. The zero-order valence-corrected chi connectivity index (χ0v) is 11.2. The molecule has 5 heteroatoms. The van der Waals surface area contributed by atoms with E-state index in [-0.39, 0.29) is 24.1 Å². The van der Waals surface area contributed by atoms with Crippen molar-refractivity contribution >= 4 is 11.6 Å². The second kappa shape index (κ2) is 5.52. The Hall–Kier alpha value is -2.43. The molecule has 0 saturated heterocycles. The van der Waals surface area contributed by atoms with Crippen LogP contribution in [-0.2, 0) is 11.2 Å². The van der Waals surface area contributed by atoms with Crippen LogP contribution in [0.5, 0.6) is 5.75 Å². The van der Waals surface area contributed by atoms with Gasteiger partial charge in [0.2, 0.25) is 0 Å². The van der Waals surface area contributed by atoms with Crippen molar-refractivity contribution in [2.24, 2.45) is 0 Å². The molecule has 0 unspecified atom stereocenters. The first-order valence-electron chi connectivity index (χ1n) is 6.61. The van der Waals surface area contributed by atoms with Gasteiger partial charge in [0.15, 0.2) is 18.2 Å². The molecule has 0 saturated carbocycles. The minimum atomic E-state index is -0.505. The normalized spacial score (nSPS) is 13.1. The van der Waals surface area contributed by atoms with E-state index in [9.17, 15) is 13.6 Å². The Labute approximate surface area is 120 Å². The lowest BCUT2D eigenvalue weighted by molar-refractivity contribution is -0.120. The maximum atomic E-state index is 13.4. The first-order valence-corrected chi connectivity index (χ1v) is 6.61. The topological polar surface area (TPSA) is 29.5 Å². The van der Waals surface area contributed by atoms with Crippen LogP contribution in [0.1, 0.15) is 5.56 Å². The molecule has 0 N–H and O–H groups in total. The summed E-state index contributed by atoms with van der Waals surface area (Å²) in [6.07, 6.45) is 0.610. The average Bonchev–Trinajstić information content (AvgIpc) is 2.89. The molecule has 108 valence electrons. The maximum Gasteiger partial charge on any atom is 0.264 e. The van der Waals surface area contributed by atoms with Gasteiger partial charge in [0.25, 0.3) is 5.91 Å². The molecular formula is C16H13F2NO2. The highest BCUT2D eigenvalue weighted by molar-refractivity contribution is 5.96. The molecule has 2 aromatic rings. The van der Waals surface area contributed by atoms with Crippen LogP contribution in [0.4, 0.5) is 14.5 Å². The van der Waals surface area contributed by atoms with Crippen LogP contribution in [0.2, 0.25) is 0 Å². The van der Waals surface area contributed by atoms with Crippen LogP contribution < -0.4 is 9.64 Å². The number of ether oxygens (including phenoxy) is 1. The summed E-state index contributed by atoms with van der Waals surface area (Å²) in [6.45, 7) is 0.232. The van der Waals surface area contributed by atoms with E-state index >= 15 is 0 Å². The Bertz CT molecular complexity index is 688. The molecule has 1 heterocycles. The maximum absolute atomic E-state index is 13.4. The van der Waals surface area contributed by atoms with Crippen molar-refractivity contribution in [2.45, 2.75) is 6.42 Å². The third-order valence-corrected chi connectivity index (χ3v) is 3.43. The van der Waals surface area contributed by atoms with E-state index in [1.54, 1.807) is 18.2 Å². The van der Waals surface area contributed by atoms with Crippen molar-refractivity contribution in [3.05, 3.63) is 59.7 Å². The fraction of sp³-hybridized carbons (Fsp3) is 0.188. The van der Waals surface area contributed by atoms with Gasteiger partial charge in [0, 0.05) is 12.2 Å². The molecular weight excluding hydrogens is 276 g/mol. The lowest BCUT2D eigenvalue weighted by Gasteiger charge is -2.17. The minimum Gasteiger partial charge on any atom is -0.481 e. The summed E-state index contributed by atoms with van der Waals surface area (Å²) in [7, 11) is 0. The largest absolute Gasteiger partial charge is 0.481 e. The van der Waals surface area contributed by atoms with Crippen LogP contribution in [0.3, 0.4) is 0 Å². The number of anilines is 1. The van der Waals surface area contributed by atoms with Crippen molar-refractivity contribution in [2.75, 3.05) is 18.1 Å². The molecule has 3 nitrogen and oxygen atoms in total. The number of amides is 1. The van der Waals surface area contributed by atoms with Gasteiger partial charge in [-0.25, -0.2) is 8.78 Å². The van der Waals surface area contributed by atoms with Gasteiger partial charge in [-0.15, -0.1) is 0 Å². The summed E-state index contributed by atoms with van der Waals surface area (Å²) in [6, 6.07) is 10.3. The first-order chi connectivity index (χ1) is 10.1. The third kappa shape index (κ3) is 2.72. The van der Waals surface area contributed by atoms with E-state index in [1.807, 2.05) is 0 Å². The Morgan fingerprint density at radius 1 is 1.19 bits per heavy atom. The highest BCUT2D eigenvalue weighted by Crippen LogP contribution is 2.28. The monoisotopic (exact) mass is 289 g/mol. The van der Waals surface area contributed by atoms with Gasteiger partial charge < -0.3 is 9.64 Å². The summed E-state index contributed by atoms with van der Waals surface area (Å²) in [5, 5.41) is 0. The number of carbonyl (C=O) groups is 1. The number of hydrogen-bond donors (Lipinski definition) is 0. The molecule has 1 aliphatic rings. The van der Waals surface area contributed by atoms with Crippen LogP contribution in [-0.4, -0.2) is 19.1 Å². The molecule has 2 aromatic carbocycles. The predicted molar refractivity (Wildman–Crippen MR) is 74.4 cm³/mol. The fourth-order valence-corrected chi connectivity index (χ4v) is 2.41. The highest BCUT2D eigenvalue weighted by atomic mass is 19.1. The average molecular weight is 289 g/mol. The number of halogens is 2. The molecule has 0 spiro atoms. The highest BCUT2D eigenvalue weighted by Gasteiger charge is 2.25. The van der Waals surface area contributed by atoms with E-state index in [1.165, 1.54) is 29.2 Å². The second-order valence-electron chi connectivity index (χ2n) is 4.79. The quantitative estimate of drug-likeness (QED) is 0.869. The van der Waals surface area contributed by atoms with E-state index in [0.717, 1.165) is 5.56 Å². The van der Waals surface area contributed by atoms with Crippen molar-refractivity contribution in [1.29, 1.82) is 0 Å². The molecule has 0 fully saturated rings. The summed E-state index contributed by atoms with van der Waals surface area (Å²) in [4.78, 5) is 13.7. The van der Waals surface area contributed by atoms with Crippen LogP contribution in [0, 0.1) is 11.6 Å². The van der Waals surface area contributed by atoms with Gasteiger partial charge in [-0.2, -0.15) is 0 Å². The van der Waals surface area contributed by atoms with E-state index in [4.69, 9.17) is 4.74 Å². The number of benzene rings is 2. The predicted octanol–water partition coefficient (Wildman–Crippen LogP) is 2.93. The second-order valence-corrected chi connectivity index (χ2v) is 4.79. The SMILES string of the molecule is O=C(COc1ccccc1F)N1CCc2cc(F)ccc21. The van der Waals surface area contributed by atoms with Gasteiger partial charge >= 0.3 is 0 Å². The molecule has 0 aromatic heterocycles. The molecule has 0 aliphatic carbocycles. The number of fused-ring (bicyclic) bond motifs is 1. The van der Waals surface area contributed by atoms with Gasteiger partial charge in [-0.3, -0.25) is 4.79 Å².